The summed E-state index contributed by atoms with van der Waals surface area (Å²) in [6.45, 7) is -0.0302. The lowest BCUT2D eigenvalue weighted by atomic mass is 10.1. The summed E-state index contributed by atoms with van der Waals surface area (Å²) in [6, 6.07) is 7.09. The Morgan fingerprint density at radius 3 is 2.90 bits per heavy atom. The Morgan fingerprint density at radius 2 is 2.14 bits per heavy atom. The van der Waals surface area contributed by atoms with Crippen molar-refractivity contribution in [2.75, 3.05) is 7.05 Å². The first-order valence-electron chi connectivity index (χ1n) is 6.88. The molecule has 1 aromatic carbocycles. The quantitative estimate of drug-likeness (QED) is 0.869. The maximum atomic E-state index is 12.4. The van der Waals surface area contributed by atoms with Gasteiger partial charge in [0, 0.05) is 12.7 Å². The van der Waals surface area contributed by atoms with Gasteiger partial charge in [-0.1, -0.05) is 24.3 Å². The summed E-state index contributed by atoms with van der Waals surface area (Å²) in [5, 5.41) is 0. The molecule has 0 saturated carbocycles. The Labute approximate surface area is 121 Å². The van der Waals surface area contributed by atoms with Gasteiger partial charge in [0.25, 0.3) is 0 Å². The van der Waals surface area contributed by atoms with Gasteiger partial charge in [0.2, 0.25) is 5.91 Å². The van der Waals surface area contributed by atoms with Crippen molar-refractivity contribution >= 4 is 17.0 Å². The van der Waals surface area contributed by atoms with Crippen molar-refractivity contribution in [3.8, 4) is 0 Å². The molecule has 1 aliphatic rings. The summed E-state index contributed by atoms with van der Waals surface area (Å²) in [4.78, 5) is 25.8. The van der Waals surface area contributed by atoms with Gasteiger partial charge >= 0.3 is 5.76 Å². The molecule has 108 valence electrons. The number of allylic oxidation sites excluding steroid dienone is 3. The highest BCUT2D eigenvalue weighted by Crippen LogP contribution is 2.15. The third-order valence-electron chi connectivity index (χ3n) is 3.60. The van der Waals surface area contributed by atoms with Crippen LogP contribution in [0.15, 0.2) is 57.4 Å². The van der Waals surface area contributed by atoms with Crippen LogP contribution in [0, 0.1) is 0 Å². The topological polar surface area (TPSA) is 55.5 Å². The second-order valence-corrected chi connectivity index (χ2v) is 4.98. The number of rotatable bonds is 3. The zero-order chi connectivity index (χ0) is 14.8. The van der Waals surface area contributed by atoms with Gasteiger partial charge in [0.1, 0.15) is 6.54 Å². The van der Waals surface area contributed by atoms with Crippen LogP contribution in [0.1, 0.15) is 12.8 Å². The lowest BCUT2D eigenvalue weighted by Gasteiger charge is -2.20. The number of amides is 1. The van der Waals surface area contributed by atoms with Gasteiger partial charge in [-0.05, 0) is 31.1 Å². The summed E-state index contributed by atoms with van der Waals surface area (Å²) in [7, 11) is 1.72. The molecule has 1 aliphatic carbocycles. The number of nitrogens with zero attached hydrogens (tertiary/aromatic N) is 2. The highest BCUT2D eigenvalue weighted by Gasteiger charge is 2.17. The molecule has 0 spiro atoms. The molecular weight excluding hydrogens is 268 g/mol. The van der Waals surface area contributed by atoms with Gasteiger partial charge in [0.15, 0.2) is 5.58 Å². The van der Waals surface area contributed by atoms with Gasteiger partial charge in [-0.2, -0.15) is 0 Å². The van der Waals surface area contributed by atoms with Crippen molar-refractivity contribution in [3.05, 3.63) is 58.7 Å². The number of carbonyl (C=O) groups excluding carboxylic acids is 1. The fourth-order valence-electron chi connectivity index (χ4n) is 2.40. The molecule has 1 amide bonds. The van der Waals surface area contributed by atoms with Gasteiger partial charge in [-0.15, -0.1) is 0 Å². The van der Waals surface area contributed by atoms with Crippen molar-refractivity contribution in [2.24, 2.45) is 0 Å². The number of likely N-dealkylation sites (N-methyl/N-ethyl adjacent to an activating group) is 1. The zero-order valence-electron chi connectivity index (χ0n) is 11.8. The first-order chi connectivity index (χ1) is 10.2. The number of para-hydroxylation sites is 2. The number of hydrogen-bond acceptors (Lipinski definition) is 3. The van der Waals surface area contributed by atoms with Crippen molar-refractivity contribution < 1.29 is 9.21 Å². The Balaban J connectivity index is 1.86. The first kappa shape index (κ1) is 13.4. The molecule has 3 rings (SSSR count). The second kappa shape index (κ2) is 5.44. The molecular formula is C16H16N2O3. The van der Waals surface area contributed by atoms with Crippen molar-refractivity contribution in [1.82, 2.24) is 9.47 Å². The summed E-state index contributed by atoms with van der Waals surface area (Å²) in [5.74, 6) is -0.660. The monoisotopic (exact) mass is 284 g/mol. The van der Waals surface area contributed by atoms with Crippen LogP contribution in [-0.2, 0) is 11.3 Å². The number of carbonyl (C=O) groups is 1. The van der Waals surface area contributed by atoms with E-state index in [0.29, 0.717) is 11.1 Å². The van der Waals surface area contributed by atoms with Crippen LogP contribution < -0.4 is 5.76 Å². The third-order valence-corrected chi connectivity index (χ3v) is 3.60. The van der Waals surface area contributed by atoms with Crippen LogP contribution in [0.4, 0.5) is 0 Å². The largest absolute Gasteiger partial charge is 0.420 e. The fraction of sp³-hybridized carbons (Fsp3) is 0.250. The van der Waals surface area contributed by atoms with Crippen LogP contribution in [0.2, 0.25) is 0 Å². The lowest BCUT2D eigenvalue weighted by Crippen LogP contribution is -2.32. The molecule has 1 heterocycles. The molecule has 0 atom stereocenters. The molecule has 0 N–H and O–H groups in total. The first-order valence-corrected chi connectivity index (χ1v) is 6.88. The third kappa shape index (κ3) is 2.54. The van der Waals surface area contributed by atoms with Gasteiger partial charge < -0.3 is 9.32 Å². The molecule has 2 aromatic rings. The van der Waals surface area contributed by atoms with Gasteiger partial charge in [-0.3, -0.25) is 9.36 Å². The molecule has 5 heteroatoms. The second-order valence-electron chi connectivity index (χ2n) is 4.98. The molecule has 0 radical (unpaired) electrons. The summed E-state index contributed by atoms with van der Waals surface area (Å²) >= 11 is 0. The van der Waals surface area contributed by atoms with Crippen molar-refractivity contribution in [3.63, 3.8) is 0 Å². The summed E-state index contributed by atoms with van der Waals surface area (Å²) in [6.07, 6.45) is 7.92. The predicted octanol–water partition coefficient (Wildman–Crippen LogP) is 2.29. The summed E-state index contributed by atoms with van der Waals surface area (Å²) in [5.41, 5.74) is 2.00. The fourth-order valence-corrected chi connectivity index (χ4v) is 2.40. The normalized spacial score (nSPS) is 14.2. The average Bonchev–Trinajstić information content (AvgIpc) is 2.83. The van der Waals surface area contributed by atoms with Gasteiger partial charge in [-0.25, -0.2) is 4.79 Å². The van der Waals surface area contributed by atoms with E-state index >= 15 is 0 Å². The summed E-state index contributed by atoms with van der Waals surface area (Å²) < 4.78 is 6.50. The average molecular weight is 284 g/mol. The van der Waals surface area contributed by atoms with Crippen LogP contribution in [0.3, 0.4) is 0 Å². The molecule has 21 heavy (non-hydrogen) atoms. The Morgan fingerprint density at radius 1 is 1.33 bits per heavy atom. The maximum Gasteiger partial charge on any atom is 0.420 e. The highest BCUT2D eigenvalue weighted by atomic mass is 16.4. The molecule has 0 bridgehead atoms. The Kier molecular flexibility index (Phi) is 3.48. The molecule has 0 unspecified atom stereocenters. The van der Waals surface area contributed by atoms with Crippen molar-refractivity contribution in [1.29, 1.82) is 0 Å². The van der Waals surface area contributed by atoms with E-state index in [9.17, 15) is 9.59 Å². The van der Waals surface area contributed by atoms with E-state index in [-0.39, 0.29) is 12.5 Å². The van der Waals surface area contributed by atoms with E-state index in [1.807, 2.05) is 24.3 Å². The number of oxazole rings is 1. The van der Waals surface area contributed by atoms with E-state index in [1.165, 1.54) is 4.57 Å². The molecule has 0 saturated heterocycles. The number of hydrogen-bond donors (Lipinski definition) is 0. The van der Waals surface area contributed by atoms with E-state index in [1.54, 1.807) is 30.1 Å². The number of aromatic nitrogens is 1. The van der Waals surface area contributed by atoms with E-state index in [4.69, 9.17) is 4.42 Å². The minimum absolute atomic E-state index is 0.0302. The Hall–Kier alpha value is -2.56. The number of benzene rings is 1. The number of fused-ring (bicyclic) bond motifs is 1. The zero-order valence-corrected chi connectivity index (χ0v) is 11.8. The molecule has 5 nitrogen and oxygen atoms in total. The van der Waals surface area contributed by atoms with Crippen LogP contribution in [0.25, 0.3) is 11.1 Å². The molecule has 0 aliphatic heterocycles. The van der Waals surface area contributed by atoms with E-state index < -0.39 is 5.76 Å². The predicted molar refractivity (Wildman–Crippen MR) is 79.7 cm³/mol. The van der Waals surface area contributed by atoms with Crippen molar-refractivity contribution in [2.45, 2.75) is 19.4 Å². The van der Waals surface area contributed by atoms with Crippen LogP contribution in [-0.4, -0.2) is 22.4 Å². The van der Waals surface area contributed by atoms with E-state index in [2.05, 4.69) is 0 Å². The Bertz CT molecular complexity index is 795. The van der Waals surface area contributed by atoms with Crippen LogP contribution in [0.5, 0.6) is 0 Å². The minimum atomic E-state index is -0.508. The maximum absolute atomic E-state index is 12.4. The SMILES string of the molecule is CN(C(=O)Cn1c(=O)oc2ccccc21)C1=CCCC=C1. The standard InChI is InChI=1S/C16H16N2O3/c1-17(12-7-3-2-4-8-12)15(19)11-18-13-9-5-6-10-14(13)21-16(18)20/h3,5-10H,2,4,11H2,1H3. The van der Waals surface area contributed by atoms with Crippen LogP contribution >= 0.6 is 0 Å². The highest BCUT2D eigenvalue weighted by molar-refractivity contribution is 5.81. The van der Waals surface area contributed by atoms with E-state index in [0.717, 1.165) is 18.5 Å². The smallest absolute Gasteiger partial charge is 0.408 e. The minimum Gasteiger partial charge on any atom is -0.408 e. The van der Waals surface area contributed by atoms with Gasteiger partial charge in [0.05, 0.1) is 5.52 Å². The molecule has 1 aromatic heterocycles. The lowest BCUT2D eigenvalue weighted by molar-refractivity contribution is -0.128. The molecule has 0 fully saturated rings.